The minimum absolute atomic E-state index is 0.0794. The molecule has 7 nitrogen and oxygen atoms in total. The maximum Gasteiger partial charge on any atom is 0.303 e. The molecule has 0 spiro atoms. The Hall–Kier alpha value is -3.09. The van der Waals surface area contributed by atoms with Crippen LogP contribution in [0.3, 0.4) is 0 Å². The lowest BCUT2D eigenvalue weighted by Crippen LogP contribution is -2.19. The molecule has 1 aromatic rings. The van der Waals surface area contributed by atoms with Crippen molar-refractivity contribution in [2.24, 2.45) is 0 Å². The maximum atomic E-state index is 11.9. The van der Waals surface area contributed by atoms with Gasteiger partial charge < -0.3 is 20.1 Å². The molecule has 3 N–H and O–H groups in total. The Balaban J connectivity index is 1.75. The van der Waals surface area contributed by atoms with E-state index in [2.05, 4.69) is 0 Å². The molecule has 1 aromatic carbocycles. The molecule has 0 saturated heterocycles. The van der Waals surface area contributed by atoms with Crippen LogP contribution in [0, 0.1) is 0 Å². The van der Waals surface area contributed by atoms with Gasteiger partial charge in [0.05, 0.1) is 6.61 Å². The molecule has 1 aliphatic rings. The Morgan fingerprint density at radius 3 is 2.45 bits per heavy atom. The van der Waals surface area contributed by atoms with Crippen LogP contribution in [0.5, 0.6) is 5.75 Å². The molecule has 2 rings (SSSR count). The quantitative estimate of drug-likeness (QED) is 0.359. The van der Waals surface area contributed by atoms with E-state index in [0.717, 1.165) is 37.3 Å². The molecule has 29 heavy (non-hydrogen) atoms. The number of carbonyl (C=O) groups excluding carboxylic acids is 2. The van der Waals surface area contributed by atoms with Crippen molar-refractivity contribution in [2.75, 3.05) is 6.61 Å². The van der Waals surface area contributed by atoms with Crippen LogP contribution < -0.4 is 4.74 Å². The van der Waals surface area contributed by atoms with Gasteiger partial charge in [0.15, 0.2) is 11.5 Å². The van der Waals surface area contributed by atoms with Crippen molar-refractivity contribution in [3.63, 3.8) is 0 Å². The third kappa shape index (κ3) is 7.10. The number of aryl methyl sites for hydroxylation is 1. The Bertz CT molecular complexity index is 820. The zero-order chi connectivity index (χ0) is 21.2. The lowest BCUT2D eigenvalue weighted by molar-refractivity contribution is -0.137. The third-order valence-corrected chi connectivity index (χ3v) is 4.66. The Morgan fingerprint density at radius 2 is 1.69 bits per heavy atom. The summed E-state index contributed by atoms with van der Waals surface area (Å²) in [6, 6.07) is 7.36. The van der Waals surface area contributed by atoms with Crippen LogP contribution in [0.1, 0.15) is 50.5 Å². The number of ether oxygens (including phenoxy) is 1. The van der Waals surface area contributed by atoms with Gasteiger partial charge in [0.2, 0.25) is 11.6 Å². The molecule has 0 amide bonds. The zero-order valence-electron chi connectivity index (χ0n) is 16.2. The van der Waals surface area contributed by atoms with Crippen molar-refractivity contribution >= 4 is 17.5 Å². The molecule has 156 valence electrons. The fourth-order valence-electron chi connectivity index (χ4n) is 3.06. The van der Waals surface area contributed by atoms with Crippen molar-refractivity contribution in [3.8, 4) is 5.75 Å². The number of carboxylic acid groups (broad SMARTS) is 1. The van der Waals surface area contributed by atoms with E-state index in [1.165, 1.54) is 0 Å². The van der Waals surface area contributed by atoms with Gasteiger partial charge in [-0.2, -0.15) is 0 Å². The Kier molecular flexibility index (Phi) is 8.45. The molecule has 0 saturated carbocycles. The highest BCUT2D eigenvalue weighted by atomic mass is 16.5. The normalized spacial score (nSPS) is 14.1. The SMILES string of the molecule is O=C(O)CCCCCCCOc1cccc(CCC2=C(O)C(=O)C=C(O)C2=O)c1. The fourth-order valence-corrected chi connectivity index (χ4v) is 3.06. The van der Waals surface area contributed by atoms with Crippen LogP contribution in [0.25, 0.3) is 0 Å². The second-order valence-corrected chi connectivity index (χ2v) is 6.96. The first-order valence-electron chi connectivity index (χ1n) is 9.74. The number of ketones is 2. The number of Topliss-reactive ketones (excluding diaryl/α,β-unsaturated/α-hetero) is 1. The number of unbranched alkanes of at least 4 members (excludes halogenated alkanes) is 4. The van der Waals surface area contributed by atoms with E-state index in [4.69, 9.17) is 9.84 Å². The molecule has 0 fully saturated rings. The highest BCUT2D eigenvalue weighted by Crippen LogP contribution is 2.22. The van der Waals surface area contributed by atoms with Crippen molar-refractivity contribution < 1.29 is 34.4 Å². The lowest BCUT2D eigenvalue weighted by atomic mass is 9.94. The first kappa shape index (κ1) is 22.2. The number of allylic oxidation sites excluding steroid dienone is 2. The summed E-state index contributed by atoms with van der Waals surface area (Å²) in [6.45, 7) is 0.556. The number of aliphatic hydroxyl groups is 2. The minimum atomic E-state index is -0.767. The number of aliphatic hydroxyl groups excluding tert-OH is 2. The molecule has 1 aliphatic carbocycles. The Morgan fingerprint density at radius 1 is 0.966 bits per heavy atom. The molecular weight excluding hydrogens is 376 g/mol. The first-order valence-corrected chi connectivity index (χ1v) is 9.74. The summed E-state index contributed by atoms with van der Waals surface area (Å²) >= 11 is 0. The second-order valence-electron chi connectivity index (χ2n) is 6.96. The third-order valence-electron chi connectivity index (χ3n) is 4.66. The highest BCUT2D eigenvalue weighted by Gasteiger charge is 2.27. The number of aliphatic carboxylic acids is 1. The predicted octanol–water partition coefficient (Wildman–Crippen LogP) is 3.83. The lowest BCUT2D eigenvalue weighted by Gasteiger charge is -2.13. The molecule has 0 radical (unpaired) electrons. The van der Waals surface area contributed by atoms with E-state index >= 15 is 0 Å². The standard InChI is InChI=1S/C22H26O7/c23-18-14-19(24)22(28)17(21(18)27)11-10-15-7-6-8-16(13-15)29-12-5-3-1-2-4-9-20(25)26/h6-8,13-14,23,28H,1-5,9-12H2,(H,25,26). The zero-order valence-corrected chi connectivity index (χ0v) is 16.2. The monoisotopic (exact) mass is 402 g/mol. The maximum absolute atomic E-state index is 11.9. The average molecular weight is 402 g/mol. The molecule has 0 atom stereocenters. The van der Waals surface area contributed by atoms with E-state index in [9.17, 15) is 24.6 Å². The van der Waals surface area contributed by atoms with Gasteiger partial charge in [-0.3, -0.25) is 14.4 Å². The van der Waals surface area contributed by atoms with Gasteiger partial charge >= 0.3 is 5.97 Å². The van der Waals surface area contributed by atoms with Crippen LogP contribution in [0.2, 0.25) is 0 Å². The van der Waals surface area contributed by atoms with Crippen LogP contribution in [0.4, 0.5) is 0 Å². The number of carbonyl (C=O) groups is 3. The van der Waals surface area contributed by atoms with Gasteiger partial charge in [-0.1, -0.05) is 31.4 Å². The summed E-state index contributed by atoms with van der Waals surface area (Å²) in [5.74, 6) is -2.81. The Labute approximate surface area is 169 Å². The van der Waals surface area contributed by atoms with Crippen LogP contribution in [0.15, 0.2) is 47.4 Å². The van der Waals surface area contributed by atoms with Gasteiger partial charge in [-0.15, -0.1) is 0 Å². The molecule has 0 aromatic heterocycles. The fraction of sp³-hybridized carbons (Fsp3) is 0.409. The van der Waals surface area contributed by atoms with E-state index in [1.807, 2.05) is 24.3 Å². The summed E-state index contributed by atoms with van der Waals surface area (Å²) in [4.78, 5) is 33.9. The highest BCUT2D eigenvalue weighted by molar-refractivity contribution is 6.20. The van der Waals surface area contributed by atoms with Gasteiger partial charge in [-0.25, -0.2) is 0 Å². The minimum Gasteiger partial charge on any atom is -0.504 e. The molecule has 7 heteroatoms. The summed E-state index contributed by atoms with van der Waals surface area (Å²) in [7, 11) is 0. The summed E-state index contributed by atoms with van der Waals surface area (Å²) in [6.07, 6.45) is 5.90. The largest absolute Gasteiger partial charge is 0.504 e. The van der Waals surface area contributed by atoms with Gasteiger partial charge in [0.1, 0.15) is 5.75 Å². The number of rotatable bonds is 12. The van der Waals surface area contributed by atoms with E-state index < -0.39 is 29.1 Å². The topological polar surface area (TPSA) is 121 Å². The number of benzene rings is 1. The van der Waals surface area contributed by atoms with Gasteiger partial charge in [-0.05, 0) is 43.4 Å². The predicted molar refractivity (Wildman–Crippen MR) is 106 cm³/mol. The smallest absolute Gasteiger partial charge is 0.303 e. The number of hydrogen-bond donors (Lipinski definition) is 3. The van der Waals surface area contributed by atoms with E-state index in [0.29, 0.717) is 25.2 Å². The van der Waals surface area contributed by atoms with Crippen molar-refractivity contribution in [3.05, 3.63) is 53.0 Å². The number of carboxylic acids is 1. The summed E-state index contributed by atoms with van der Waals surface area (Å²) < 4.78 is 5.73. The van der Waals surface area contributed by atoms with Gasteiger partial charge in [0, 0.05) is 18.1 Å². The van der Waals surface area contributed by atoms with Crippen LogP contribution >= 0.6 is 0 Å². The van der Waals surface area contributed by atoms with Crippen molar-refractivity contribution in [1.29, 1.82) is 0 Å². The molecular formula is C22H26O7. The average Bonchev–Trinajstić information content (AvgIpc) is 2.68. The molecule has 0 bridgehead atoms. The van der Waals surface area contributed by atoms with Crippen LogP contribution in [-0.4, -0.2) is 39.5 Å². The molecule has 0 unspecified atom stereocenters. The van der Waals surface area contributed by atoms with Crippen LogP contribution in [-0.2, 0) is 20.8 Å². The van der Waals surface area contributed by atoms with E-state index in [1.54, 1.807) is 0 Å². The summed E-state index contributed by atoms with van der Waals surface area (Å²) in [5, 5.41) is 27.9. The van der Waals surface area contributed by atoms with E-state index in [-0.39, 0.29) is 18.4 Å². The molecule has 0 heterocycles. The number of hydrogen-bond acceptors (Lipinski definition) is 6. The second kappa shape index (κ2) is 11.0. The summed E-state index contributed by atoms with van der Waals surface area (Å²) in [5.41, 5.74) is 0.801. The van der Waals surface area contributed by atoms with Gasteiger partial charge in [0.25, 0.3) is 0 Å². The van der Waals surface area contributed by atoms with Crippen molar-refractivity contribution in [1.82, 2.24) is 0 Å². The molecule has 0 aliphatic heterocycles. The van der Waals surface area contributed by atoms with Crippen molar-refractivity contribution in [2.45, 2.75) is 51.4 Å². The first-order chi connectivity index (χ1) is 13.9.